The van der Waals surface area contributed by atoms with Crippen molar-refractivity contribution in [2.75, 3.05) is 13.7 Å². The van der Waals surface area contributed by atoms with Crippen molar-refractivity contribution in [2.24, 2.45) is 5.92 Å². The number of hydrogen-bond donors (Lipinski definition) is 1. The molecule has 0 saturated carbocycles. The number of aromatic nitrogens is 3. The fraction of sp³-hybridized carbons (Fsp3) is 0.833. The van der Waals surface area contributed by atoms with Crippen molar-refractivity contribution in [3.05, 3.63) is 12.2 Å². The van der Waals surface area contributed by atoms with Gasteiger partial charge in [0, 0.05) is 12.1 Å². The van der Waals surface area contributed by atoms with E-state index in [1.807, 2.05) is 25.6 Å². The minimum absolute atomic E-state index is 0.127. The lowest BCUT2D eigenvalue weighted by Crippen LogP contribution is -2.44. The van der Waals surface area contributed by atoms with E-state index < -0.39 is 0 Å². The van der Waals surface area contributed by atoms with E-state index in [4.69, 9.17) is 0 Å². The molecular formula is C12H24N4O. The largest absolute Gasteiger partial charge is 0.394 e. The van der Waals surface area contributed by atoms with Crippen molar-refractivity contribution in [1.82, 2.24) is 19.7 Å². The lowest BCUT2D eigenvalue weighted by molar-refractivity contribution is 0.0701. The average molecular weight is 240 g/mol. The first-order valence-electron chi connectivity index (χ1n) is 6.05. The third-order valence-electron chi connectivity index (χ3n) is 3.03. The van der Waals surface area contributed by atoms with E-state index in [9.17, 15) is 5.11 Å². The van der Waals surface area contributed by atoms with Gasteiger partial charge in [-0.15, -0.1) is 0 Å². The van der Waals surface area contributed by atoms with Crippen LogP contribution in [0.15, 0.2) is 6.33 Å². The van der Waals surface area contributed by atoms with E-state index in [2.05, 4.69) is 28.8 Å². The van der Waals surface area contributed by atoms with Crippen LogP contribution in [0.1, 0.15) is 33.5 Å². The van der Waals surface area contributed by atoms with Crippen LogP contribution in [0.25, 0.3) is 0 Å². The van der Waals surface area contributed by atoms with Gasteiger partial charge in [0.05, 0.1) is 13.2 Å². The van der Waals surface area contributed by atoms with Gasteiger partial charge in [-0.05, 0) is 26.8 Å². The van der Waals surface area contributed by atoms with Gasteiger partial charge in [-0.2, -0.15) is 5.10 Å². The van der Waals surface area contributed by atoms with Crippen molar-refractivity contribution >= 4 is 0 Å². The van der Waals surface area contributed by atoms with Crippen molar-refractivity contribution in [2.45, 2.75) is 46.3 Å². The van der Waals surface area contributed by atoms with Crippen LogP contribution >= 0.6 is 0 Å². The number of aliphatic hydroxyl groups is 1. The Morgan fingerprint density at radius 2 is 2.12 bits per heavy atom. The van der Waals surface area contributed by atoms with Crippen LogP contribution in [0.5, 0.6) is 0 Å². The standard InChI is InChI=1S/C12H24N4O/c1-10(2)6-16-11(13-9-14-16)7-15(5)12(3,4)8-17/h9-10,17H,6-8H2,1-5H3. The van der Waals surface area contributed by atoms with Crippen molar-refractivity contribution in [3.63, 3.8) is 0 Å². The molecule has 98 valence electrons. The number of rotatable bonds is 6. The van der Waals surface area contributed by atoms with E-state index in [1.165, 1.54) is 0 Å². The maximum absolute atomic E-state index is 9.32. The molecule has 1 aromatic heterocycles. The Morgan fingerprint density at radius 1 is 1.47 bits per heavy atom. The number of nitrogens with zero attached hydrogens (tertiary/aromatic N) is 4. The predicted molar refractivity (Wildman–Crippen MR) is 67.5 cm³/mol. The van der Waals surface area contributed by atoms with Crippen LogP contribution in [0.4, 0.5) is 0 Å². The third kappa shape index (κ3) is 3.78. The van der Waals surface area contributed by atoms with Crippen LogP contribution in [0, 0.1) is 5.92 Å². The highest BCUT2D eigenvalue weighted by molar-refractivity contribution is 4.88. The van der Waals surface area contributed by atoms with Gasteiger partial charge in [0.15, 0.2) is 0 Å². The summed E-state index contributed by atoms with van der Waals surface area (Å²) in [5.41, 5.74) is -0.241. The van der Waals surface area contributed by atoms with Gasteiger partial charge >= 0.3 is 0 Å². The maximum Gasteiger partial charge on any atom is 0.141 e. The molecule has 0 atom stereocenters. The van der Waals surface area contributed by atoms with Gasteiger partial charge in [-0.3, -0.25) is 4.90 Å². The molecule has 5 heteroatoms. The van der Waals surface area contributed by atoms with Crippen LogP contribution in [-0.2, 0) is 13.1 Å². The Morgan fingerprint density at radius 3 is 2.65 bits per heavy atom. The molecule has 1 N–H and O–H groups in total. The third-order valence-corrected chi connectivity index (χ3v) is 3.03. The zero-order chi connectivity index (χ0) is 13.1. The SMILES string of the molecule is CC(C)Cn1ncnc1CN(C)C(C)(C)CO. The molecule has 0 aliphatic heterocycles. The van der Waals surface area contributed by atoms with Crippen LogP contribution in [0.3, 0.4) is 0 Å². The Kier molecular flexibility index (Phi) is 4.65. The highest BCUT2D eigenvalue weighted by Gasteiger charge is 2.23. The first-order chi connectivity index (χ1) is 7.86. The molecule has 0 radical (unpaired) electrons. The summed E-state index contributed by atoms with van der Waals surface area (Å²) in [5, 5.41) is 13.6. The highest BCUT2D eigenvalue weighted by Crippen LogP contribution is 2.14. The Bertz CT molecular complexity index is 346. The fourth-order valence-corrected chi connectivity index (χ4v) is 1.46. The summed E-state index contributed by atoms with van der Waals surface area (Å²) in [7, 11) is 1.99. The number of hydrogen-bond acceptors (Lipinski definition) is 4. The molecule has 0 aliphatic carbocycles. The van der Waals surface area contributed by atoms with E-state index in [-0.39, 0.29) is 12.1 Å². The quantitative estimate of drug-likeness (QED) is 0.810. The predicted octanol–water partition coefficient (Wildman–Crippen LogP) is 1.14. The van der Waals surface area contributed by atoms with Gasteiger partial charge < -0.3 is 5.11 Å². The molecule has 0 bridgehead atoms. The zero-order valence-electron chi connectivity index (χ0n) is 11.5. The molecule has 0 aromatic carbocycles. The highest BCUT2D eigenvalue weighted by atomic mass is 16.3. The Balaban J connectivity index is 2.72. The van der Waals surface area contributed by atoms with Gasteiger partial charge in [-0.1, -0.05) is 13.8 Å². The molecule has 0 saturated heterocycles. The van der Waals surface area contributed by atoms with Crippen molar-refractivity contribution in [1.29, 1.82) is 0 Å². The Labute approximate surface area is 103 Å². The Hall–Kier alpha value is -0.940. The molecule has 5 nitrogen and oxygen atoms in total. The second-order valence-corrected chi connectivity index (χ2v) is 5.58. The van der Waals surface area contributed by atoms with Crippen LogP contribution in [-0.4, -0.2) is 44.0 Å². The van der Waals surface area contributed by atoms with E-state index >= 15 is 0 Å². The van der Waals surface area contributed by atoms with Crippen molar-refractivity contribution < 1.29 is 5.11 Å². The topological polar surface area (TPSA) is 54.2 Å². The number of likely N-dealkylation sites (N-methyl/N-ethyl adjacent to an activating group) is 1. The molecule has 1 heterocycles. The lowest BCUT2D eigenvalue weighted by Gasteiger charge is -2.33. The molecule has 0 aliphatic rings. The molecule has 0 amide bonds. The minimum Gasteiger partial charge on any atom is -0.394 e. The average Bonchev–Trinajstić information content (AvgIpc) is 2.64. The van der Waals surface area contributed by atoms with E-state index in [0.29, 0.717) is 12.5 Å². The fourth-order valence-electron chi connectivity index (χ4n) is 1.46. The minimum atomic E-state index is -0.241. The monoisotopic (exact) mass is 240 g/mol. The molecule has 0 fully saturated rings. The summed E-state index contributed by atoms with van der Waals surface area (Å²) >= 11 is 0. The maximum atomic E-state index is 9.32. The second-order valence-electron chi connectivity index (χ2n) is 5.58. The van der Waals surface area contributed by atoms with Gasteiger partial charge in [0.2, 0.25) is 0 Å². The molecule has 1 rings (SSSR count). The lowest BCUT2D eigenvalue weighted by atomic mass is 10.1. The summed E-state index contributed by atoms with van der Waals surface area (Å²) in [6, 6.07) is 0. The second kappa shape index (κ2) is 5.60. The first-order valence-corrected chi connectivity index (χ1v) is 6.05. The van der Waals surface area contributed by atoms with Gasteiger partial charge in [0.1, 0.15) is 12.2 Å². The summed E-state index contributed by atoms with van der Waals surface area (Å²) in [5.74, 6) is 1.49. The smallest absolute Gasteiger partial charge is 0.141 e. The molecule has 1 aromatic rings. The van der Waals surface area contributed by atoms with Gasteiger partial charge in [-0.25, -0.2) is 9.67 Å². The van der Waals surface area contributed by atoms with E-state index in [1.54, 1.807) is 6.33 Å². The van der Waals surface area contributed by atoms with E-state index in [0.717, 1.165) is 12.4 Å². The first kappa shape index (κ1) is 14.1. The number of aliphatic hydroxyl groups excluding tert-OH is 1. The summed E-state index contributed by atoms with van der Waals surface area (Å²) in [6.07, 6.45) is 1.59. The molecule has 0 unspecified atom stereocenters. The van der Waals surface area contributed by atoms with Crippen LogP contribution in [0.2, 0.25) is 0 Å². The molecule has 17 heavy (non-hydrogen) atoms. The van der Waals surface area contributed by atoms with Crippen LogP contribution < -0.4 is 0 Å². The summed E-state index contributed by atoms with van der Waals surface area (Å²) < 4.78 is 1.94. The molecular weight excluding hydrogens is 216 g/mol. The summed E-state index contributed by atoms with van der Waals surface area (Å²) in [4.78, 5) is 6.38. The summed E-state index contributed by atoms with van der Waals surface area (Å²) in [6.45, 7) is 10.0. The van der Waals surface area contributed by atoms with Gasteiger partial charge in [0.25, 0.3) is 0 Å². The molecule has 0 spiro atoms. The zero-order valence-corrected chi connectivity index (χ0v) is 11.5. The van der Waals surface area contributed by atoms with Crippen molar-refractivity contribution in [3.8, 4) is 0 Å². The normalized spacial score (nSPS) is 12.7.